The molecule has 0 fully saturated rings. The highest BCUT2D eigenvalue weighted by atomic mass is 16.1. The lowest BCUT2D eigenvalue weighted by Gasteiger charge is -2.19. The molecule has 0 aliphatic heterocycles. The molecule has 0 aliphatic rings. The van der Waals surface area contributed by atoms with Crippen molar-refractivity contribution in [3.63, 3.8) is 0 Å². The molecule has 0 saturated heterocycles. The molecule has 0 aliphatic carbocycles. The van der Waals surface area contributed by atoms with Gasteiger partial charge in [-0.05, 0) is 24.3 Å². The fraction of sp³-hybridized carbons (Fsp3) is 0.462. The molecule has 0 spiro atoms. The van der Waals surface area contributed by atoms with Gasteiger partial charge in [-0.25, -0.2) is 0 Å². The van der Waals surface area contributed by atoms with E-state index in [0.29, 0.717) is 18.3 Å². The third kappa shape index (κ3) is 2.99. The zero-order valence-corrected chi connectivity index (χ0v) is 9.16. The van der Waals surface area contributed by atoms with Gasteiger partial charge < -0.3 is 4.79 Å². The first-order valence-electron chi connectivity index (χ1n) is 5.15. The van der Waals surface area contributed by atoms with Crippen LogP contribution in [0.1, 0.15) is 38.7 Å². The molecule has 1 aromatic carbocycles. The summed E-state index contributed by atoms with van der Waals surface area (Å²) in [6.45, 7) is 6.00. The number of ketones is 1. The quantitative estimate of drug-likeness (QED) is 0.711. The molecule has 1 unspecified atom stereocenters. The van der Waals surface area contributed by atoms with Crippen LogP contribution >= 0.6 is 0 Å². The van der Waals surface area contributed by atoms with E-state index in [4.69, 9.17) is 0 Å². The van der Waals surface area contributed by atoms with Crippen LogP contribution in [0.3, 0.4) is 0 Å². The number of benzene rings is 1. The van der Waals surface area contributed by atoms with Crippen LogP contribution in [0.25, 0.3) is 0 Å². The summed E-state index contributed by atoms with van der Waals surface area (Å²) in [6, 6.07) is 10.3. The molecular weight excluding hydrogens is 172 g/mol. The molecular formula is C13H18O. The van der Waals surface area contributed by atoms with E-state index < -0.39 is 0 Å². The molecule has 0 N–H and O–H groups in total. The maximum atomic E-state index is 11.1. The zero-order valence-electron chi connectivity index (χ0n) is 9.16. The molecule has 0 amide bonds. The van der Waals surface area contributed by atoms with Gasteiger partial charge in [0.25, 0.3) is 0 Å². The molecule has 1 atom stereocenters. The van der Waals surface area contributed by atoms with E-state index in [1.165, 1.54) is 5.56 Å². The standard InChI is InChI=1S/C13H18O/c1-10(2)13(9-11(3)14)12-7-5-4-6-8-12/h4-8,10,13H,9H2,1-3H3. The second-order valence-corrected chi connectivity index (χ2v) is 4.17. The largest absolute Gasteiger partial charge is 0.300 e. The predicted molar refractivity (Wildman–Crippen MR) is 59.3 cm³/mol. The third-order valence-electron chi connectivity index (χ3n) is 2.54. The van der Waals surface area contributed by atoms with Crippen LogP contribution in [-0.4, -0.2) is 5.78 Å². The Morgan fingerprint density at radius 3 is 2.21 bits per heavy atom. The Bertz CT molecular complexity index is 287. The van der Waals surface area contributed by atoms with Crippen molar-refractivity contribution >= 4 is 5.78 Å². The van der Waals surface area contributed by atoms with Gasteiger partial charge in [-0.2, -0.15) is 0 Å². The SMILES string of the molecule is CC(=O)CC(c1ccccc1)C(C)C. The zero-order chi connectivity index (χ0) is 10.6. The number of rotatable bonds is 4. The van der Waals surface area contributed by atoms with Gasteiger partial charge in [0.1, 0.15) is 5.78 Å². The number of Topliss-reactive ketones (excluding diaryl/α,β-unsaturated/α-hetero) is 1. The summed E-state index contributed by atoms with van der Waals surface area (Å²) in [6.07, 6.45) is 0.654. The minimum Gasteiger partial charge on any atom is -0.300 e. The minimum absolute atomic E-state index is 0.271. The summed E-state index contributed by atoms with van der Waals surface area (Å²) < 4.78 is 0. The van der Waals surface area contributed by atoms with Crippen molar-refractivity contribution < 1.29 is 4.79 Å². The molecule has 1 rings (SSSR count). The topological polar surface area (TPSA) is 17.1 Å². The highest BCUT2D eigenvalue weighted by Crippen LogP contribution is 2.27. The predicted octanol–water partition coefficient (Wildman–Crippen LogP) is 3.41. The maximum Gasteiger partial charge on any atom is 0.130 e. The summed E-state index contributed by atoms with van der Waals surface area (Å²) in [7, 11) is 0. The monoisotopic (exact) mass is 190 g/mol. The van der Waals surface area contributed by atoms with Crippen molar-refractivity contribution in [3.8, 4) is 0 Å². The van der Waals surface area contributed by atoms with Gasteiger partial charge >= 0.3 is 0 Å². The second kappa shape index (κ2) is 4.94. The van der Waals surface area contributed by atoms with Crippen molar-refractivity contribution in [1.29, 1.82) is 0 Å². The molecule has 1 aromatic rings. The second-order valence-electron chi connectivity index (χ2n) is 4.17. The first-order valence-corrected chi connectivity index (χ1v) is 5.15. The van der Waals surface area contributed by atoms with Crippen LogP contribution in [0, 0.1) is 5.92 Å². The van der Waals surface area contributed by atoms with Gasteiger partial charge in [-0.1, -0.05) is 44.2 Å². The van der Waals surface area contributed by atoms with Crippen LogP contribution in [0.4, 0.5) is 0 Å². The van der Waals surface area contributed by atoms with E-state index in [-0.39, 0.29) is 5.78 Å². The Balaban J connectivity index is 2.83. The van der Waals surface area contributed by atoms with Crippen LogP contribution < -0.4 is 0 Å². The lowest BCUT2D eigenvalue weighted by molar-refractivity contribution is -0.117. The van der Waals surface area contributed by atoms with Crippen molar-refractivity contribution in [2.75, 3.05) is 0 Å². The number of hydrogen-bond acceptors (Lipinski definition) is 1. The van der Waals surface area contributed by atoms with Gasteiger partial charge in [0, 0.05) is 6.42 Å². The molecule has 0 saturated carbocycles. The maximum absolute atomic E-state index is 11.1. The molecule has 0 radical (unpaired) electrons. The normalized spacial score (nSPS) is 12.9. The highest BCUT2D eigenvalue weighted by Gasteiger charge is 2.16. The first-order chi connectivity index (χ1) is 6.61. The van der Waals surface area contributed by atoms with E-state index in [1.54, 1.807) is 6.92 Å². The lowest BCUT2D eigenvalue weighted by Crippen LogP contribution is -2.10. The van der Waals surface area contributed by atoms with E-state index in [2.05, 4.69) is 26.0 Å². The molecule has 14 heavy (non-hydrogen) atoms. The Kier molecular flexibility index (Phi) is 3.87. The number of hydrogen-bond donors (Lipinski definition) is 0. The summed E-state index contributed by atoms with van der Waals surface area (Å²) in [5.74, 6) is 1.16. The first kappa shape index (κ1) is 11.0. The van der Waals surface area contributed by atoms with E-state index in [9.17, 15) is 4.79 Å². The van der Waals surface area contributed by atoms with Crippen LogP contribution in [-0.2, 0) is 4.79 Å². The van der Waals surface area contributed by atoms with Gasteiger partial charge in [-0.15, -0.1) is 0 Å². The number of carbonyl (C=O) groups is 1. The van der Waals surface area contributed by atoms with E-state index >= 15 is 0 Å². The summed E-state index contributed by atoms with van der Waals surface area (Å²) >= 11 is 0. The molecule has 0 heterocycles. The van der Waals surface area contributed by atoms with Gasteiger partial charge in [-0.3, -0.25) is 0 Å². The molecule has 1 heteroatoms. The van der Waals surface area contributed by atoms with Crippen LogP contribution in [0.5, 0.6) is 0 Å². The molecule has 0 aromatic heterocycles. The van der Waals surface area contributed by atoms with Gasteiger partial charge in [0.15, 0.2) is 0 Å². The van der Waals surface area contributed by atoms with Crippen molar-refractivity contribution in [2.45, 2.75) is 33.1 Å². The van der Waals surface area contributed by atoms with Crippen molar-refractivity contribution in [2.24, 2.45) is 5.92 Å². The summed E-state index contributed by atoms with van der Waals surface area (Å²) in [5.41, 5.74) is 1.28. The Morgan fingerprint density at radius 1 is 1.21 bits per heavy atom. The van der Waals surface area contributed by atoms with Gasteiger partial charge in [0.2, 0.25) is 0 Å². The minimum atomic E-state index is 0.271. The Labute approximate surface area is 86.1 Å². The van der Waals surface area contributed by atoms with Crippen LogP contribution in [0.2, 0.25) is 0 Å². The van der Waals surface area contributed by atoms with Crippen molar-refractivity contribution in [1.82, 2.24) is 0 Å². The van der Waals surface area contributed by atoms with Crippen molar-refractivity contribution in [3.05, 3.63) is 35.9 Å². The average Bonchev–Trinajstić information content (AvgIpc) is 2.15. The Hall–Kier alpha value is -1.11. The molecule has 1 nitrogen and oxygen atoms in total. The number of carbonyl (C=O) groups excluding carboxylic acids is 1. The highest BCUT2D eigenvalue weighted by molar-refractivity contribution is 5.76. The van der Waals surface area contributed by atoms with Gasteiger partial charge in [0.05, 0.1) is 0 Å². The Morgan fingerprint density at radius 2 is 1.79 bits per heavy atom. The van der Waals surface area contributed by atoms with Crippen LogP contribution in [0.15, 0.2) is 30.3 Å². The van der Waals surface area contributed by atoms with E-state index in [1.807, 2.05) is 18.2 Å². The molecule has 76 valence electrons. The lowest BCUT2D eigenvalue weighted by atomic mass is 9.85. The smallest absolute Gasteiger partial charge is 0.130 e. The third-order valence-corrected chi connectivity index (χ3v) is 2.54. The fourth-order valence-electron chi connectivity index (χ4n) is 1.75. The fourth-order valence-corrected chi connectivity index (χ4v) is 1.75. The average molecular weight is 190 g/mol. The summed E-state index contributed by atoms with van der Waals surface area (Å²) in [5, 5.41) is 0. The molecule has 0 bridgehead atoms. The summed E-state index contributed by atoms with van der Waals surface area (Å²) in [4.78, 5) is 11.1. The van der Waals surface area contributed by atoms with E-state index in [0.717, 1.165) is 0 Å².